The molecular weight excluding hydrogens is 514 g/mol. The Labute approximate surface area is 216 Å². The van der Waals surface area contributed by atoms with Gasteiger partial charge in [0.25, 0.3) is 0 Å². The number of halogens is 6. The molecule has 3 aromatic rings. The van der Waals surface area contributed by atoms with Crippen molar-refractivity contribution in [2.75, 3.05) is 6.61 Å². The maximum absolute atomic E-state index is 14.8. The van der Waals surface area contributed by atoms with Crippen LogP contribution in [0.1, 0.15) is 67.4 Å². The Morgan fingerprint density at radius 3 is 2.00 bits per heavy atom. The predicted molar refractivity (Wildman–Crippen MR) is 128 cm³/mol. The van der Waals surface area contributed by atoms with Crippen molar-refractivity contribution < 1.29 is 45.3 Å². The molecule has 0 aliphatic rings. The predicted octanol–water partition coefficient (Wildman–Crippen LogP) is 8.17. The van der Waals surface area contributed by atoms with Crippen LogP contribution >= 0.6 is 0 Å². The lowest BCUT2D eigenvalue weighted by Crippen LogP contribution is -2.20. The van der Waals surface area contributed by atoms with Gasteiger partial charge in [-0.3, -0.25) is 0 Å². The molecule has 0 saturated heterocycles. The molecular formula is C28H26F6O4. The molecule has 204 valence electrons. The first-order chi connectivity index (χ1) is 17.9. The molecule has 0 amide bonds. The summed E-state index contributed by atoms with van der Waals surface area (Å²) in [6.45, 7) is 3.69. The van der Waals surface area contributed by atoms with Crippen molar-refractivity contribution in [3.8, 4) is 17.2 Å². The summed E-state index contributed by atoms with van der Waals surface area (Å²) in [5, 5.41) is 0. The second-order valence-electron chi connectivity index (χ2n) is 8.64. The monoisotopic (exact) mass is 540 g/mol. The Balaban J connectivity index is 1.80. The molecule has 0 bridgehead atoms. The Morgan fingerprint density at radius 2 is 1.45 bits per heavy atom. The lowest BCUT2D eigenvalue weighted by atomic mass is 9.91. The van der Waals surface area contributed by atoms with E-state index in [2.05, 4.69) is 4.74 Å². The smallest absolute Gasteiger partial charge is 0.395 e. The summed E-state index contributed by atoms with van der Waals surface area (Å²) in [5.41, 5.74) is -0.611. The molecule has 0 spiro atoms. The van der Waals surface area contributed by atoms with E-state index < -0.39 is 52.6 Å². The van der Waals surface area contributed by atoms with Gasteiger partial charge in [0.2, 0.25) is 11.6 Å². The van der Waals surface area contributed by atoms with Gasteiger partial charge in [-0.1, -0.05) is 51.0 Å². The summed E-state index contributed by atoms with van der Waals surface area (Å²) in [7, 11) is 0. The van der Waals surface area contributed by atoms with Crippen LogP contribution in [0.15, 0.2) is 48.5 Å². The van der Waals surface area contributed by atoms with E-state index in [0.29, 0.717) is 13.3 Å². The van der Waals surface area contributed by atoms with Crippen molar-refractivity contribution in [2.24, 2.45) is 0 Å². The maximum atomic E-state index is 14.8. The first kappa shape index (κ1) is 28.9. The normalized spacial score (nSPS) is 12.2. The van der Waals surface area contributed by atoms with Gasteiger partial charge in [-0.15, -0.1) is 0 Å². The van der Waals surface area contributed by atoms with E-state index in [0.717, 1.165) is 12.8 Å². The third-order valence-corrected chi connectivity index (χ3v) is 5.67. The van der Waals surface area contributed by atoms with E-state index in [4.69, 9.17) is 9.47 Å². The molecule has 4 nitrogen and oxygen atoms in total. The van der Waals surface area contributed by atoms with Gasteiger partial charge in [-0.25, -0.2) is 13.6 Å². The highest BCUT2D eigenvalue weighted by atomic mass is 19.3. The second-order valence-corrected chi connectivity index (χ2v) is 8.64. The lowest BCUT2D eigenvalue weighted by molar-refractivity contribution is -0.159. The summed E-state index contributed by atoms with van der Waals surface area (Å²) in [6, 6.07) is 10.5. The number of para-hydroxylation sites is 2. The van der Waals surface area contributed by atoms with Crippen LogP contribution in [0.3, 0.4) is 0 Å². The highest BCUT2D eigenvalue weighted by Gasteiger charge is 2.30. The van der Waals surface area contributed by atoms with E-state index in [-0.39, 0.29) is 29.2 Å². The zero-order chi connectivity index (χ0) is 28.0. The topological polar surface area (TPSA) is 44.8 Å². The van der Waals surface area contributed by atoms with Gasteiger partial charge in [0.15, 0.2) is 28.9 Å². The van der Waals surface area contributed by atoms with Crippen molar-refractivity contribution in [1.29, 1.82) is 0 Å². The second kappa shape index (κ2) is 12.2. The maximum Gasteiger partial charge on any atom is 0.395 e. The van der Waals surface area contributed by atoms with Crippen molar-refractivity contribution >= 4 is 5.97 Å². The third-order valence-electron chi connectivity index (χ3n) is 5.67. The van der Waals surface area contributed by atoms with Gasteiger partial charge < -0.3 is 14.2 Å². The van der Waals surface area contributed by atoms with Gasteiger partial charge in [-0.05, 0) is 36.2 Å². The van der Waals surface area contributed by atoms with Crippen LogP contribution in [-0.4, -0.2) is 18.7 Å². The molecule has 0 fully saturated rings. The Kier molecular flexibility index (Phi) is 9.30. The molecule has 38 heavy (non-hydrogen) atoms. The summed E-state index contributed by atoms with van der Waals surface area (Å²) >= 11 is 0. The summed E-state index contributed by atoms with van der Waals surface area (Å²) in [6.07, 6.45) is -1.50. The average Bonchev–Trinajstić information content (AvgIpc) is 2.87. The number of esters is 1. The molecule has 1 atom stereocenters. The number of ether oxygens (including phenoxy) is 3. The van der Waals surface area contributed by atoms with E-state index >= 15 is 0 Å². The van der Waals surface area contributed by atoms with Crippen molar-refractivity contribution in [2.45, 2.75) is 52.1 Å². The summed E-state index contributed by atoms with van der Waals surface area (Å²) < 4.78 is 99.9. The first-order valence-electron chi connectivity index (χ1n) is 11.9. The van der Waals surface area contributed by atoms with E-state index in [1.807, 2.05) is 6.92 Å². The number of hydrogen-bond acceptors (Lipinski definition) is 4. The third kappa shape index (κ3) is 6.79. The fourth-order valence-electron chi connectivity index (χ4n) is 3.71. The van der Waals surface area contributed by atoms with Crippen LogP contribution in [0.4, 0.5) is 26.3 Å². The van der Waals surface area contributed by atoms with E-state index in [9.17, 15) is 31.1 Å². The Morgan fingerprint density at radius 1 is 0.868 bits per heavy atom. The molecule has 3 rings (SSSR count). The van der Waals surface area contributed by atoms with Gasteiger partial charge >= 0.3 is 12.1 Å². The number of unbranched alkanes of at least 4 members (excludes halogenated alkanes) is 2. The number of hydrogen-bond donors (Lipinski definition) is 0. The molecule has 10 heteroatoms. The minimum atomic E-state index is -3.51. The number of benzene rings is 3. The van der Waals surface area contributed by atoms with Gasteiger partial charge in [0, 0.05) is 18.4 Å². The Hall–Kier alpha value is -3.69. The SMILES string of the molecule is CCCCCOc1c(F)c(F)c(C(C)c2ccc(C(=O)Oc3ccccc3OC(C)(F)F)cc2)c(F)c1F. The number of carbonyl (C=O) groups is 1. The van der Waals surface area contributed by atoms with E-state index in [1.165, 1.54) is 55.5 Å². The fraction of sp³-hybridized carbons (Fsp3) is 0.321. The Bertz CT molecular complexity index is 1240. The zero-order valence-corrected chi connectivity index (χ0v) is 20.9. The first-order valence-corrected chi connectivity index (χ1v) is 11.9. The fourth-order valence-corrected chi connectivity index (χ4v) is 3.71. The minimum Gasteiger partial charge on any atom is -0.487 e. The number of rotatable bonds is 11. The average molecular weight is 541 g/mol. The zero-order valence-electron chi connectivity index (χ0n) is 20.9. The number of carbonyl (C=O) groups excluding carboxylic acids is 1. The largest absolute Gasteiger partial charge is 0.487 e. The highest BCUT2D eigenvalue weighted by molar-refractivity contribution is 5.91. The van der Waals surface area contributed by atoms with Gasteiger partial charge in [-0.2, -0.15) is 17.6 Å². The van der Waals surface area contributed by atoms with Crippen molar-refractivity contribution in [3.63, 3.8) is 0 Å². The molecule has 1 unspecified atom stereocenters. The quantitative estimate of drug-likeness (QED) is 0.0809. The molecule has 0 heterocycles. The van der Waals surface area contributed by atoms with Crippen LogP contribution in [-0.2, 0) is 0 Å². The van der Waals surface area contributed by atoms with Crippen LogP contribution in [0.5, 0.6) is 17.2 Å². The standard InChI is InChI=1S/C28H26F6O4/c1-4-5-8-15-36-26-24(31)22(29)21(23(30)25(26)32)16(2)17-11-13-18(14-12-17)27(35)37-19-9-6-7-10-20(19)38-28(3,33)34/h6-7,9-14,16H,4-5,8,15H2,1-3H3. The van der Waals surface area contributed by atoms with Gasteiger partial charge in [0.1, 0.15) is 0 Å². The highest BCUT2D eigenvalue weighted by Crippen LogP contribution is 2.37. The van der Waals surface area contributed by atoms with Crippen LogP contribution in [0, 0.1) is 23.3 Å². The number of alkyl halides is 2. The summed E-state index contributed by atoms with van der Waals surface area (Å²) in [4.78, 5) is 12.5. The minimum absolute atomic E-state index is 0.0202. The van der Waals surface area contributed by atoms with Crippen molar-refractivity contribution in [1.82, 2.24) is 0 Å². The van der Waals surface area contributed by atoms with Crippen LogP contribution in [0.25, 0.3) is 0 Å². The summed E-state index contributed by atoms with van der Waals surface area (Å²) in [5.74, 6) is -10.2. The van der Waals surface area contributed by atoms with Crippen LogP contribution < -0.4 is 14.2 Å². The van der Waals surface area contributed by atoms with Gasteiger partial charge in [0.05, 0.1) is 12.2 Å². The van der Waals surface area contributed by atoms with E-state index in [1.54, 1.807) is 0 Å². The molecule has 0 N–H and O–H groups in total. The molecule has 3 aromatic carbocycles. The molecule has 0 radical (unpaired) electrons. The molecule has 0 aliphatic heterocycles. The molecule has 0 aromatic heterocycles. The molecule has 0 aliphatic carbocycles. The molecule has 0 saturated carbocycles. The lowest BCUT2D eigenvalue weighted by Gasteiger charge is -2.18. The van der Waals surface area contributed by atoms with Crippen molar-refractivity contribution in [3.05, 3.63) is 88.5 Å². The van der Waals surface area contributed by atoms with Crippen LogP contribution in [0.2, 0.25) is 0 Å².